The first-order valence-corrected chi connectivity index (χ1v) is 4.47. The second-order valence-corrected chi connectivity index (χ2v) is 2.95. The van der Waals surface area contributed by atoms with Gasteiger partial charge in [0.1, 0.15) is 5.71 Å². The number of hydrogen-bond acceptors (Lipinski definition) is 5. The number of aromatic nitrogens is 2. The number of hydrogen-bond donors (Lipinski definition) is 1. The van der Waals surface area contributed by atoms with Crippen molar-refractivity contribution in [1.82, 2.24) is 15.6 Å². The molecule has 1 aliphatic heterocycles. The predicted octanol–water partition coefficient (Wildman–Crippen LogP) is 0.246. The van der Waals surface area contributed by atoms with Gasteiger partial charge in [0.15, 0.2) is 0 Å². The maximum atomic E-state index is 10.8. The van der Waals surface area contributed by atoms with E-state index < -0.39 is 0 Å². The lowest BCUT2D eigenvalue weighted by molar-refractivity contribution is -0.121. The third kappa shape index (κ3) is 1.63. The zero-order valence-electron chi connectivity index (χ0n) is 7.78. The Labute approximate surface area is 80.4 Å². The van der Waals surface area contributed by atoms with Gasteiger partial charge in [-0.2, -0.15) is 5.10 Å². The molecule has 0 bridgehead atoms. The second kappa shape index (κ2) is 3.57. The lowest BCUT2D eigenvalue weighted by Crippen LogP contribution is -2.26. The van der Waals surface area contributed by atoms with Gasteiger partial charge in [0.05, 0.1) is 0 Å². The third-order valence-electron chi connectivity index (χ3n) is 1.92. The number of carbonyl (C=O) groups excluding carboxylic acids is 1. The van der Waals surface area contributed by atoms with Crippen LogP contribution in [0.2, 0.25) is 0 Å². The summed E-state index contributed by atoms with van der Waals surface area (Å²) in [7, 11) is 0. The van der Waals surface area contributed by atoms with E-state index in [0.717, 1.165) is 0 Å². The molecular weight excluding hydrogens is 184 g/mol. The molecule has 2 rings (SSSR count). The lowest BCUT2D eigenvalue weighted by atomic mass is 10.2. The quantitative estimate of drug-likeness (QED) is 0.731. The Morgan fingerprint density at radius 1 is 1.43 bits per heavy atom. The molecule has 6 heteroatoms. The normalized spacial score (nSPS) is 16.4. The highest BCUT2D eigenvalue weighted by atomic mass is 16.4. The Morgan fingerprint density at radius 2 is 2.29 bits per heavy atom. The number of hydrazone groups is 1. The molecule has 0 saturated carbocycles. The zero-order chi connectivity index (χ0) is 9.97. The van der Waals surface area contributed by atoms with Crippen LogP contribution in [-0.4, -0.2) is 21.8 Å². The summed E-state index contributed by atoms with van der Waals surface area (Å²) in [5.74, 6) is 0.908. The van der Waals surface area contributed by atoms with Gasteiger partial charge in [-0.25, -0.2) is 5.43 Å². The summed E-state index contributed by atoms with van der Waals surface area (Å²) in [6, 6.07) is 0. The highest BCUT2D eigenvalue weighted by Gasteiger charge is 2.17. The molecule has 0 saturated heterocycles. The van der Waals surface area contributed by atoms with E-state index in [1.807, 2.05) is 6.92 Å². The predicted molar refractivity (Wildman–Crippen MR) is 47.6 cm³/mol. The minimum absolute atomic E-state index is 0.0796. The van der Waals surface area contributed by atoms with Crippen molar-refractivity contribution in [2.24, 2.45) is 5.10 Å². The topological polar surface area (TPSA) is 80.4 Å². The summed E-state index contributed by atoms with van der Waals surface area (Å²) in [5, 5.41) is 11.5. The van der Waals surface area contributed by atoms with E-state index in [1.54, 1.807) is 0 Å². The maximum Gasteiger partial charge on any atom is 0.263 e. The fraction of sp³-hybridized carbons (Fsp3) is 0.500. The van der Waals surface area contributed by atoms with Crippen LogP contribution in [0.25, 0.3) is 0 Å². The van der Waals surface area contributed by atoms with Gasteiger partial charge in [-0.05, 0) is 0 Å². The SMILES string of the molecule is CCc1nnc(C2=NNC(=O)CC2)o1. The Hall–Kier alpha value is -1.72. The number of nitrogens with zero attached hydrogens (tertiary/aromatic N) is 3. The van der Waals surface area contributed by atoms with Crippen LogP contribution in [0, 0.1) is 0 Å². The Balaban J connectivity index is 2.19. The molecule has 0 unspecified atom stereocenters. The van der Waals surface area contributed by atoms with E-state index >= 15 is 0 Å². The van der Waals surface area contributed by atoms with Gasteiger partial charge in [-0.15, -0.1) is 10.2 Å². The van der Waals surface area contributed by atoms with Crippen molar-refractivity contribution >= 4 is 11.6 Å². The standard InChI is InChI=1S/C8H10N4O2/c1-2-7-11-12-8(14-7)5-3-4-6(13)10-9-5/h2-4H2,1H3,(H,10,13). The van der Waals surface area contributed by atoms with E-state index in [9.17, 15) is 4.79 Å². The molecule has 0 spiro atoms. The van der Waals surface area contributed by atoms with Crippen molar-refractivity contribution in [2.75, 3.05) is 0 Å². The average Bonchev–Trinajstić information content (AvgIpc) is 2.67. The van der Waals surface area contributed by atoms with Gasteiger partial charge < -0.3 is 4.42 Å². The van der Waals surface area contributed by atoms with Crippen LogP contribution >= 0.6 is 0 Å². The first kappa shape index (κ1) is 8.86. The summed E-state index contributed by atoms with van der Waals surface area (Å²) in [6.45, 7) is 1.93. The highest BCUT2D eigenvalue weighted by molar-refractivity contribution is 6.00. The minimum Gasteiger partial charge on any atom is -0.420 e. The third-order valence-corrected chi connectivity index (χ3v) is 1.92. The van der Waals surface area contributed by atoms with Gasteiger partial charge in [0, 0.05) is 19.3 Å². The molecule has 0 aromatic carbocycles. The van der Waals surface area contributed by atoms with Gasteiger partial charge in [-0.1, -0.05) is 6.92 Å². The van der Waals surface area contributed by atoms with Gasteiger partial charge >= 0.3 is 0 Å². The maximum absolute atomic E-state index is 10.8. The molecule has 0 atom stereocenters. The molecule has 2 heterocycles. The van der Waals surface area contributed by atoms with Crippen LogP contribution in [0.1, 0.15) is 31.5 Å². The summed E-state index contributed by atoms with van der Waals surface area (Å²) in [6.07, 6.45) is 1.67. The fourth-order valence-electron chi connectivity index (χ4n) is 1.14. The fourth-order valence-corrected chi connectivity index (χ4v) is 1.14. The monoisotopic (exact) mass is 194 g/mol. The van der Waals surface area contributed by atoms with Crippen LogP contribution in [0.15, 0.2) is 9.52 Å². The first-order valence-electron chi connectivity index (χ1n) is 4.47. The van der Waals surface area contributed by atoms with E-state index in [-0.39, 0.29) is 5.91 Å². The van der Waals surface area contributed by atoms with Crippen LogP contribution in [-0.2, 0) is 11.2 Å². The Morgan fingerprint density at radius 3 is 2.86 bits per heavy atom. The van der Waals surface area contributed by atoms with Crippen molar-refractivity contribution in [2.45, 2.75) is 26.2 Å². The minimum atomic E-state index is -0.0796. The average molecular weight is 194 g/mol. The van der Waals surface area contributed by atoms with Gasteiger partial charge in [0.25, 0.3) is 5.89 Å². The molecule has 0 radical (unpaired) electrons. The van der Waals surface area contributed by atoms with E-state index in [1.165, 1.54) is 0 Å². The molecule has 1 aliphatic rings. The largest absolute Gasteiger partial charge is 0.420 e. The van der Waals surface area contributed by atoms with Crippen molar-refractivity contribution in [3.63, 3.8) is 0 Å². The Kier molecular flexibility index (Phi) is 2.26. The highest BCUT2D eigenvalue weighted by Crippen LogP contribution is 2.09. The summed E-state index contributed by atoms with van der Waals surface area (Å²) < 4.78 is 5.30. The molecule has 0 aliphatic carbocycles. The van der Waals surface area contributed by atoms with Crippen molar-refractivity contribution < 1.29 is 9.21 Å². The Bertz CT molecular complexity index is 382. The molecule has 74 valence electrons. The molecule has 1 N–H and O–H groups in total. The van der Waals surface area contributed by atoms with Crippen LogP contribution in [0.5, 0.6) is 0 Å². The lowest BCUT2D eigenvalue weighted by Gasteiger charge is -2.07. The molecule has 1 amide bonds. The molecular formula is C8H10N4O2. The summed E-state index contributed by atoms with van der Waals surface area (Å²) in [4.78, 5) is 10.8. The molecule has 1 aromatic rings. The number of nitrogens with one attached hydrogen (secondary N) is 1. The van der Waals surface area contributed by atoms with Crippen molar-refractivity contribution in [1.29, 1.82) is 0 Å². The molecule has 14 heavy (non-hydrogen) atoms. The summed E-state index contributed by atoms with van der Waals surface area (Å²) in [5.41, 5.74) is 3.03. The van der Waals surface area contributed by atoms with E-state index in [2.05, 4.69) is 20.7 Å². The second-order valence-electron chi connectivity index (χ2n) is 2.95. The van der Waals surface area contributed by atoms with E-state index in [0.29, 0.717) is 36.8 Å². The number of carbonyl (C=O) groups is 1. The molecule has 0 fully saturated rings. The van der Waals surface area contributed by atoms with Crippen molar-refractivity contribution in [3.05, 3.63) is 11.8 Å². The van der Waals surface area contributed by atoms with Gasteiger partial charge in [0.2, 0.25) is 11.8 Å². The molecule has 6 nitrogen and oxygen atoms in total. The van der Waals surface area contributed by atoms with Crippen molar-refractivity contribution in [3.8, 4) is 0 Å². The first-order chi connectivity index (χ1) is 6.79. The van der Waals surface area contributed by atoms with E-state index in [4.69, 9.17) is 4.42 Å². The zero-order valence-corrected chi connectivity index (χ0v) is 7.78. The van der Waals surface area contributed by atoms with Crippen LogP contribution < -0.4 is 5.43 Å². The van der Waals surface area contributed by atoms with Crippen LogP contribution in [0.3, 0.4) is 0 Å². The number of rotatable bonds is 2. The number of aryl methyl sites for hydroxylation is 1. The smallest absolute Gasteiger partial charge is 0.263 e. The summed E-state index contributed by atoms with van der Waals surface area (Å²) >= 11 is 0. The molecule has 1 aromatic heterocycles. The number of amides is 1. The van der Waals surface area contributed by atoms with Crippen LogP contribution in [0.4, 0.5) is 0 Å². The van der Waals surface area contributed by atoms with Gasteiger partial charge in [-0.3, -0.25) is 4.79 Å².